The molecule has 1 heterocycles. The first-order valence-electron chi connectivity index (χ1n) is 9.11. The zero-order chi connectivity index (χ0) is 19.9. The molecule has 142 valence electrons. The number of hydrogen-bond donors (Lipinski definition) is 2. The van der Waals surface area contributed by atoms with Crippen LogP contribution in [-0.2, 0) is 16.0 Å². The summed E-state index contributed by atoms with van der Waals surface area (Å²) in [6.45, 7) is 2.08. The number of nitriles is 1. The summed E-state index contributed by atoms with van der Waals surface area (Å²) in [4.78, 5) is 24.4. The van der Waals surface area contributed by atoms with E-state index in [0.29, 0.717) is 16.3 Å². The molecule has 1 aliphatic heterocycles. The number of thioether (sulfide) groups is 1. The van der Waals surface area contributed by atoms with Crippen molar-refractivity contribution in [2.45, 2.75) is 25.7 Å². The maximum absolute atomic E-state index is 12.2. The lowest BCUT2D eigenvalue weighted by atomic mass is 9.86. The highest BCUT2D eigenvalue weighted by atomic mass is 32.2. The number of nitrogens with one attached hydrogen (secondary N) is 2. The van der Waals surface area contributed by atoms with Crippen LogP contribution in [0.1, 0.15) is 30.4 Å². The fraction of sp³-hybridized carbons (Fsp3) is 0.227. The number of hydrogen-bond acceptors (Lipinski definition) is 4. The maximum Gasteiger partial charge on any atom is 0.234 e. The summed E-state index contributed by atoms with van der Waals surface area (Å²) in [5.41, 5.74) is 3.36. The number of carbonyl (C=O) groups excluding carboxylic acids is 2. The minimum Gasteiger partial charge on any atom is -0.325 e. The highest BCUT2D eigenvalue weighted by Gasteiger charge is 2.29. The number of para-hydroxylation sites is 1. The Hall–Kier alpha value is -3.04. The van der Waals surface area contributed by atoms with Crippen LogP contribution in [0.2, 0.25) is 0 Å². The Morgan fingerprint density at radius 3 is 2.57 bits per heavy atom. The molecule has 3 rings (SSSR count). The molecule has 28 heavy (non-hydrogen) atoms. The summed E-state index contributed by atoms with van der Waals surface area (Å²) in [6, 6.07) is 19.4. The van der Waals surface area contributed by atoms with Gasteiger partial charge in [-0.25, -0.2) is 0 Å². The van der Waals surface area contributed by atoms with Crippen LogP contribution < -0.4 is 10.6 Å². The van der Waals surface area contributed by atoms with Crippen LogP contribution in [0.4, 0.5) is 5.69 Å². The SMILES string of the molecule is CCc1ccc([C@H]2CC(=O)NC(SCC(=O)Nc3ccccc3)=C2C#N)cc1. The van der Waals surface area contributed by atoms with Crippen molar-refractivity contribution < 1.29 is 9.59 Å². The number of allylic oxidation sites excluding steroid dienone is 1. The Balaban J connectivity index is 1.75. The lowest BCUT2D eigenvalue weighted by molar-refractivity contribution is -0.121. The molecule has 0 saturated carbocycles. The van der Waals surface area contributed by atoms with E-state index in [1.807, 2.05) is 42.5 Å². The fourth-order valence-electron chi connectivity index (χ4n) is 3.06. The quantitative estimate of drug-likeness (QED) is 0.781. The highest BCUT2D eigenvalue weighted by molar-refractivity contribution is 8.03. The molecule has 1 atom stereocenters. The Bertz CT molecular complexity index is 931. The van der Waals surface area contributed by atoms with Gasteiger partial charge in [0.05, 0.1) is 22.4 Å². The number of carbonyl (C=O) groups is 2. The summed E-state index contributed by atoms with van der Waals surface area (Å²) < 4.78 is 0. The van der Waals surface area contributed by atoms with Gasteiger partial charge in [-0.1, -0.05) is 61.2 Å². The molecule has 2 aromatic carbocycles. The number of nitrogens with zero attached hydrogens (tertiary/aromatic N) is 1. The molecule has 0 saturated heterocycles. The van der Waals surface area contributed by atoms with E-state index in [9.17, 15) is 14.9 Å². The van der Waals surface area contributed by atoms with Gasteiger partial charge in [-0.15, -0.1) is 0 Å². The van der Waals surface area contributed by atoms with Crippen LogP contribution >= 0.6 is 11.8 Å². The van der Waals surface area contributed by atoms with Gasteiger partial charge < -0.3 is 10.6 Å². The van der Waals surface area contributed by atoms with E-state index < -0.39 is 0 Å². The van der Waals surface area contributed by atoms with E-state index in [2.05, 4.69) is 23.6 Å². The van der Waals surface area contributed by atoms with Crippen LogP contribution in [0.3, 0.4) is 0 Å². The first-order chi connectivity index (χ1) is 13.6. The van der Waals surface area contributed by atoms with Gasteiger partial charge in [-0.05, 0) is 29.7 Å². The third-order valence-corrected chi connectivity index (χ3v) is 5.57. The van der Waals surface area contributed by atoms with Gasteiger partial charge in [0.2, 0.25) is 11.8 Å². The number of amides is 2. The lowest BCUT2D eigenvalue weighted by Crippen LogP contribution is -2.31. The predicted molar refractivity (Wildman–Crippen MR) is 111 cm³/mol. The van der Waals surface area contributed by atoms with Crippen molar-refractivity contribution in [3.8, 4) is 6.07 Å². The van der Waals surface area contributed by atoms with E-state index in [-0.39, 0.29) is 29.9 Å². The van der Waals surface area contributed by atoms with Gasteiger partial charge in [-0.2, -0.15) is 5.26 Å². The number of benzene rings is 2. The molecular weight excluding hydrogens is 370 g/mol. The third kappa shape index (κ3) is 4.81. The summed E-state index contributed by atoms with van der Waals surface area (Å²) in [5, 5.41) is 15.7. The van der Waals surface area contributed by atoms with Crippen molar-refractivity contribution in [1.29, 1.82) is 5.26 Å². The van der Waals surface area contributed by atoms with Gasteiger partial charge >= 0.3 is 0 Å². The summed E-state index contributed by atoms with van der Waals surface area (Å²) in [5.74, 6) is -0.513. The van der Waals surface area contributed by atoms with Crippen LogP contribution in [0.15, 0.2) is 65.2 Å². The Labute approximate surface area is 168 Å². The van der Waals surface area contributed by atoms with Crippen molar-refractivity contribution in [1.82, 2.24) is 5.32 Å². The molecule has 1 aliphatic rings. The molecule has 2 amide bonds. The fourth-order valence-corrected chi connectivity index (χ4v) is 3.94. The summed E-state index contributed by atoms with van der Waals surface area (Å²) in [7, 11) is 0. The topological polar surface area (TPSA) is 82.0 Å². The minimum atomic E-state index is -0.288. The molecule has 0 aliphatic carbocycles. The Morgan fingerprint density at radius 2 is 1.93 bits per heavy atom. The molecule has 0 unspecified atom stereocenters. The molecule has 0 spiro atoms. The smallest absolute Gasteiger partial charge is 0.234 e. The van der Waals surface area contributed by atoms with Crippen molar-refractivity contribution in [3.63, 3.8) is 0 Å². The van der Waals surface area contributed by atoms with Gasteiger partial charge in [0.15, 0.2) is 0 Å². The zero-order valence-electron chi connectivity index (χ0n) is 15.6. The molecule has 6 heteroatoms. The summed E-state index contributed by atoms with van der Waals surface area (Å²) >= 11 is 1.18. The highest BCUT2D eigenvalue weighted by Crippen LogP contribution is 2.36. The van der Waals surface area contributed by atoms with Crippen molar-refractivity contribution in [2.24, 2.45) is 0 Å². The van der Waals surface area contributed by atoms with E-state index in [1.165, 1.54) is 17.3 Å². The Morgan fingerprint density at radius 1 is 1.21 bits per heavy atom. The van der Waals surface area contributed by atoms with E-state index in [4.69, 9.17) is 0 Å². The van der Waals surface area contributed by atoms with Crippen LogP contribution in [0.5, 0.6) is 0 Å². The van der Waals surface area contributed by atoms with E-state index in [1.54, 1.807) is 12.1 Å². The minimum absolute atomic E-state index is 0.108. The zero-order valence-corrected chi connectivity index (χ0v) is 16.4. The van der Waals surface area contributed by atoms with Crippen molar-refractivity contribution in [2.75, 3.05) is 11.1 Å². The molecular formula is C22H21N3O2S. The second-order valence-electron chi connectivity index (χ2n) is 6.46. The van der Waals surface area contributed by atoms with Crippen LogP contribution in [-0.4, -0.2) is 17.6 Å². The normalized spacial score (nSPS) is 16.3. The second kappa shape index (κ2) is 9.25. The van der Waals surface area contributed by atoms with Gasteiger partial charge in [0.25, 0.3) is 0 Å². The molecule has 0 aromatic heterocycles. The molecule has 0 fully saturated rings. The number of aryl methyl sites for hydroxylation is 1. The molecule has 2 aromatic rings. The first-order valence-corrected chi connectivity index (χ1v) is 10.1. The van der Waals surface area contributed by atoms with Gasteiger partial charge in [-0.3, -0.25) is 9.59 Å². The van der Waals surface area contributed by atoms with Gasteiger partial charge in [0.1, 0.15) is 0 Å². The van der Waals surface area contributed by atoms with E-state index in [0.717, 1.165) is 12.0 Å². The Kier molecular flexibility index (Phi) is 6.51. The third-order valence-electron chi connectivity index (χ3n) is 4.55. The average Bonchev–Trinajstić information content (AvgIpc) is 2.72. The first kappa shape index (κ1) is 19.7. The van der Waals surface area contributed by atoms with Crippen molar-refractivity contribution in [3.05, 3.63) is 76.3 Å². The van der Waals surface area contributed by atoms with Crippen LogP contribution in [0.25, 0.3) is 0 Å². The standard InChI is InChI=1S/C22H21N3O2S/c1-2-15-8-10-16(11-9-15)18-12-20(26)25-22(19(18)13-23)28-14-21(27)24-17-6-4-3-5-7-17/h3-11,18H,2,12,14H2,1H3,(H,24,27)(H,25,26)/t18-/m1/s1. The predicted octanol–water partition coefficient (Wildman–Crippen LogP) is 3.96. The second-order valence-corrected chi connectivity index (χ2v) is 7.44. The monoisotopic (exact) mass is 391 g/mol. The van der Waals surface area contributed by atoms with Crippen LogP contribution in [0, 0.1) is 11.3 Å². The van der Waals surface area contributed by atoms with E-state index >= 15 is 0 Å². The van der Waals surface area contributed by atoms with Crippen molar-refractivity contribution >= 4 is 29.3 Å². The molecule has 0 radical (unpaired) electrons. The maximum atomic E-state index is 12.2. The molecule has 5 nitrogen and oxygen atoms in total. The number of anilines is 1. The summed E-state index contributed by atoms with van der Waals surface area (Å²) in [6.07, 6.45) is 1.17. The lowest BCUT2D eigenvalue weighted by Gasteiger charge is -2.25. The molecule has 0 bridgehead atoms. The molecule has 2 N–H and O–H groups in total. The number of rotatable bonds is 6. The average molecular weight is 391 g/mol. The van der Waals surface area contributed by atoms with Gasteiger partial charge in [0, 0.05) is 18.0 Å². The largest absolute Gasteiger partial charge is 0.325 e.